The van der Waals surface area contributed by atoms with Crippen molar-refractivity contribution >= 4 is 0 Å². The van der Waals surface area contributed by atoms with Crippen molar-refractivity contribution in [3.8, 4) is 5.75 Å². The van der Waals surface area contributed by atoms with Gasteiger partial charge in [-0.05, 0) is 31.0 Å². The van der Waals surface area contributed by atoms with Crippen LogP contribution in [0.4, 0.5) is 13.2 Å². The summed E-state index contributed by atoms with van der Waals surface area (Å²) in [4.78, 5) is 4.04. The van der Waals surface area contributed by atoms with E-state index in [1.807, 2.05) is 13.8 Å². The fourth-order valence-electron chi connectivity index (χ4n) is 1.87. The summed E-state index contributed by atoms with van der Waals surface area (Å²) in [6.07, 6.45) is -0.929. The zero-order valence-electron chi connectivity index (χ0n) is 11.8. The van der Waals surface area contributed by atoms with Gasteiger partial charge in [0.25, 0.3) is 0 Å². The molecular weight excluding hydrogens is 269 g/mol. The van der Waals surface area contributed by atoms with Gasteiger partial charge < -0.3 is 10.1 Å². The molecule has 1 aromatic rings. The van der Waals surface area contributed by atoms with Gasteiger partial charge in [0, 0.05) is 18.7 Å². The van der Waals surface area contributed by atoms with E-state index in [0.29, 0.717) is 18.9 Å². The third-order valence-corrected chi connectivity index (χ3v) is 2.78. The van der Waals surface area contributed by atoms with Gasteiger partial charge in [-0.2, -0.15) is 13.2 Å². The molecule has 1 unspecified atom stereocenters. The Morgan fingerprint density at radius 1 is 1.30 bits per heavy atom. The summed E-state index contributed by atoms with van der Waals surface area (Å²) in [5, 5.41) is 3.06. The summed E-state index contributed by atoms with van der Waals surface area (Å²) in [6.45, 7) is 5.02. The highest BCUT2D eigenvalue weighted by Crippen LogP contribution is 2.28. The number of pyridine rings is 1. The lowest BCUT2D eigenvalue weighted by molar-refractivity contribution is -0.136. The van der Waals surface area contributed by atoms with E-state index in [4.69, 9.17) is 4.74 Å². The molecule has 1 atom stereocenters. The minimum Gasteiger partial charge on any atom is -0.492 e. The molecule has 0 aliphatic heterocycles. The summed E-state index contributed by atoms with van der Waals surface area (Å²) < 4.78 is 42.5. The zero-order chi connectivity index (χ0) is 15.0. The lowest BCUT2D eigenvalue weighted by Gasteiger charge is -2.19. The Bertz CT molecular complexity index is 396. The molecular formula is C14H21F3N2O. The molecule has 1 N–H and O–H groups in total. The van der Waals surface area contributed by atoms with Gasteiger partial charge in [0.2, 0.25) is 0 Å². The molecule has 1 heterocycles. The first-order chi connectivity index (χ1) is 9.46. The Morgan fingerprint density at radius 2 is 2.05 bits per heavy atom. The maximum atomic E-state index is 12.3. The van der Waals surface area contributed by atoms with Crippen molar-refractivity contribution in [1.29, 1.82) is 0 Å². The molecule has 0 spiro atoms. The van der Waals surface area contributed by atoms with Gasteiger partial charge in [0.15, 0.2) is 0 Å². The molecule has 0 aromatic carbocycles. The summed E-state index contributed by atoms with van der Waals surface area (Å²) in [5.74, 6) is 0.597. The van der Waals surface area contributed by atoms with Crippen LogP contribution in [0.1, 0.15) is 44.7 Å². The third-order valence-electron chi connectivity index (χ3n) is 2.78. The Balaban J connectivity index is 2.74. The van der Waals surface area contributed by atoms with Gasteiger partial charge in [0.05, 0.1) is 12.8 Å². The van der Waals surface area contributed by atoms with Gasteiger partial charge in [-0.1, -0.05) is 13.8 Å². The van der Waals surface area contributed by atoms with Crippen molar-refractivity contribution < 1.29 is 17.9 Å². The predicted octanol–water partition coefficient (Wildman–Crippen LogP) is 3.86. The highest BCUT2D eigenvalue weighted by molar-refractivity contribution is 5.26. The van der Waals surface area contributed by atoms with Crippen LogP contribution in [0.5, 0.6) is 5.75 Å². The molecule has 114 valence electrons. The van der Waals surface area contributed by atoms with Gasteiger partial charge in [0.1, 0.15) is 5.75 Å². The topological polar surface area (TPSA) is 34.1 Å². The van der Waals surface area contributed by atoms with Crippen molar-refractivity contribution in [2.75, 3.05) is 13.2 Å². The number of hydrogen-bond donors (Lipinski definition) is 1. The minimum atomic E-state index is -4.14. The second-order valence-electron chi connectivity index (χ2n) is 4.57. The summed E-state index contributed by atoms with van der Waals surface area (Å²) >= 11 is 0. The number of aromatic nitrogens is 1. The van der Waals surface area contributed by atoms with Crippen molar-refractivity contribution in [2.45, 2.75) is 45.3 Å². The van der Waals surface area contributed by atoms with Crippen LogP contribution in [0.3, 0.4) is 0 Å². The van der Waals surface area contributed by atoms with Crippen molar-refractivity contribution in [1.82, 2.24) is 10.3 Å². The summed E-state index contributed by atoms with van der Waals surface area (Å²) in [5.41, 5.74) is 0.727. The molecule has 20 heavy (non-hydrogen) atoms. The second-order valence-corrected chi connectivity index (χ2v) is 4.57. The molecule has 6 heteroatoms. The normalized spacial score (nSPS) is 13.2. The van der Waals surface area contributed by atoms with Gasteiger partial charge in [-0.25, -0.2) is 0 Å². The first-order valence-electron chi connectivity index (χ1n) is 6.84. The van der Waals surface area contributed by atoms with Crippen LogP contribution in [-0.4, -0.2) is 24.3 Å². The van der Waals surface area contributed by atoms with Crippen LogP contribution in [0, 0.1) is 0 Å². The van der Waals surface area contributed by atoms with Crippen LogP contribution < -0.4 is 10.1 Å². The molecule has 0 radical (unpaired) electrons. The largest absolute Gasteiger partial charge is 0.492 e. The molecule has 3 nitrogen and oxygen atoms in total. The Labute approximate surface area is 117 Å². The Kier molecular flexibility index (Phi) is 6.78. The number of alkyl halides is 3. The van der Waals surface area contributed by atoms with Crippen LogP contribution in [0.2, 0.25) is 0 Å². The molecule has 0 amide bonds. The van der Waals surface area contributed by atoms with E-state index >= 15 is 0 Å². The Morgan fingerprint density at radius 3 is 2.65 bits per heavy atom. The molecule has 0 saturated carbocycles. The van der Waals surface area contributed by atoms with Gasteiger partial charge >= 0.3 is 6.18 Å². The summed E-state index contributed by atoms with van der Waals surface area (Å²) in [7, 11) is 0. The maximum Gasteiger partial charge on any atom is 0.389 e. The molecule has 0 fully saturated rings. The number of nitrogens with one attached hydrogen (secondary N) is 1. The van der Waals surface area contributed by atoms with Crippen LogP contribution >= 0.6 is 0 Å². The van der Waals surface area contributed by atoms with E-state index in [0.717, 1.165) is 12.0 Å². The highest BCUT2D eigenvalue weighted by Gasteiger charge is 2.28. The van der Waals surface area contributed by atoms with E-state index in [9.17, 15) is 13.2 Å². The Hall–Kier alpha value is -1.30. The fraction of sp³-hybridized carbons (Fsp3) is 0.643. The number of rotatable bonds is 8. The SMILES string of the molecule is CCCOc1cncc(C(CCC(F)(F)F)NCC)c1. The smallest absolute Gasteiger partial charge is 0.389 e. The van der Waals surface area contributed by atoms with Crippen molar-refractivity contribution in [2.24, 2.45) is 0 Å². The van der Waals surface area contributed by atoms with E-state index in [1.54, 1.807) is 18.5 Å². The number of halogens is 3. The zero-order valence-corrected chi connectivity index (χ0v) is 11.8. The highest BCUT2D eigenvalue weighted by atomic mass is 19.4. The third kappa shape index (κ3) is 6.23. The van der Waals surface area contributed by atoms with Gasteiger partial charge in [-0.3, -0.25) is 4.98 Å². The van der Waals surface area contributed by atoms with Crippen molar-refractivity contribution in [3.05, 3.63) is 24.0 Å². The van der Waals surface area contributed by atoms with E-state index in [-0.39, 0.29) is 12.5 Å². The monoisotopic (exact) mass is 290 g/mol. The molecule has 1 aromatic heterocycles. The molecule has 0 aliphatic rings. The lowest BCUT2D eigenvalue weighted by Crippen LogP contribution is -2.23. The second kappa shape index (κ2) is 8.09. The van der Waals surface area contributed by atoms with E-state index in [2.05, 4.69) is 10.3 Å². The number of hydrogen-bond acceptors (Lipinski definition) is 3. The average Bonchev–Trinajstić information content (AvgIpc) is 2.40. The first-order valence-corrected chi connectivity index (χ1v) is 6.84. The lowest BCUT2D eigenvalue weighted by atomic mass is 10.0. The number of ether oxygens (including phenoxy) is 1. The maximum absolute atomic E-state index is 12.3. The van der Waals surface area contributed by atoms with E-state index in [1.165, 1.54) is 0 Å². The standard InChI is InChI=1S/C14H21F3N2O/c1-3-7-20-12-8-11(9-18-10-12)13(19-4-2)5-6-14(15,16)17/h8-10,13,19H,3-7H2,1-2H3. The van der Waals surface area contributed by atoms with E-state index < -0.39 is 12.6 Å². The number of nitrogens with zero attached hydrogens (tertiary/aromatic N) is 1. The molecule has 0 saturated heterocycles. The fourth-order valence-corrected chi connectivity index (χ4v) is 1.87. The quantitative estimate of drug-likeness (QED) is 0.789. The molecule has 1 rings (SSSR count). The molecule has 0 aliphatic carbocycles. The summed E-state index contributed by atoms with van der Waals surface area (Å²) in [6, 6.07) is 1.39. The first kappa shape index (κ1) is 16.8. The van der Waals surface area contributed by atoms with Crippen molar-refractivity contribution in [3.63, 3.8) is 0 Å². The van der Waals surface area contributed by atoms with Crippen LogP contribution in [0.25, 0.3) is 0 Å². The van der Waals surface area contributed by atoms with Gasteiger partial charge in [-0.15, -0.1) is 0 Å². The predicted molar refractivity (Wildman–Crippen MR) is 71.7 cm³/mol. The molecule has 0 bridgehead atoms. The average molecular weight is 290 g/mol. The minimum absolute atomic E-state index is 0.00372. The van der Waals surface area contributed by atoms with Crippen LogP contribution in [0.15, 0.2) is 18.5 Å². The van der Waals surface area contributed by atoms with Crippen LogP contribution in [-0.2, 0) is 0 Å².